The summed E-state index contributed by atoms with van der Waals surface area (Å²) in [5.74, 6) is -3.55. The lowest BCUT2D eigenvalue weighted by atomic mass is 10.1. The number of rotatable bonds is 2. The number of furan rings is 1. The third-order valence-corrected chi connectivity index (χ3v) is 4.02. The van der Waals surface area contributed by atoms with Gasteiger partial charge in [-0.05, 0) is 12.5 Å². The highest BCUT2D eigenvalue weighted by Gasteiger charge is 2.41. The minimum atomic E-state index is -3.17. The Bertz CT molecular complexity index is 697. The van der Waals surface area contributed by atoms with Crippen molar-refractivity contribution in [2.45, 2.75) is 24.9 Å². The number of hydrogen-bond acceptors (Lipinski definition) is 4. The van der Waals surface area contributed by atoms with Crippen molar-refractivity contribution in [3.05, 3.63) is 30.4 Å². The summed E-state index contributed by atoms with van der Waals surface area (Å²) >= 11 is 0. The first-order valence-corrected chi connectivity index (χ1v) is 7.30. The molecule has 8 heteroatoms. The minimum absolute atomic E-state index is 0.0787. The van der Waals surface area contributed by atoms with Gasteiger partial charge >= 0.3 is 0 Å². The Labute approximate surface area is 131 Å². The first kappa shape index (κ1) is 15.7. The molecular formula is C15H17F2N3O3. The summed E-state index contributed by atoms with van der Waals surface area (Å²) in [4.78, 5) is 14.1. The van der Waals surface area contributed by atoms with Gasteiger partial charge in [0.2, 0.25) is 0 Å². The van der Waals surface area contributed by atoms with Gasteiger partial charge < -0.3 is 14.4 Å². The number of alkyl halides is 2. The molecule has 3 rings (SSSR count). The zero-order valence-electron chi connectivity index (χ0n) is 12.6. The van der Waals surface area contributed by atoms with Gasteiger partial charge in [0, 0.05) is 38.3 Å². The molecule has 0 bridgehead atoms. The number of carbonyl (C=O) groups is 1. The molecule has 1 unspecified atom stereocenters. The van der Waals surface area contributed by atoms with E-state index in [9.17, 15) is 18.7 Å². The molecule has 0 spiro atoms. The van der Waals surface area contributed by atoms with Crippen molar-refractivity contribution in [1.82, 2.24) is 14.7 Å². The van der Waals surface area contributed by atoms with E-state index in [1.807, 2.05) is 0 Å². The second kappa shape index (κ2) is 5.77. The van der Waals surface area contributed by atoms with E-state index in [4.69, 9.17) is 4.42 Å². The molecule has 2 aromatic rings. The van der Waals surface area contributed by atoms with Gasteiger partial charge in [-0.3, -0.25) is 9.48 Å². The molecule has 1 aliphatic heterocycles. The van der Waals surface area contributed by atoms with Crippen molar-refractivity contribution in [1.29, 1.82) is 0 Å². The SMILES string of the molecule is Cn1cc(C(=O)N2CCC(O)C(F)(F)CC2)c(-c2ccoc2)n1. The van der Waals surface area contributed by atoms with Crippen LogP contribution in [0.25, 0.3) is 11.3 Å². The lowest BCUT2D eigenvalue weighted by Crippen LogP contribution is -2.33. The first-order chi connectivity index (χ1) is 10.9. The van der Waals surface area contributed by atoms with Gasteiger partial charge in [-0.15, -0.1) is 0 Å². The number of nitrogens with zero attached hydrogens (tertiary/aromatic N) is 3. The Balaban J connectivity index is 1.87. The molecule has 0 aliphatic carbocycles. The van der Waals surface area contributed by atoms with E-state index >= 15 is 0 Å². The molecule has 1 N–H and O–H groups in total. The van der Waals surface area contributed by atoms with Crippen molar-refractivity contribution in [3.63, 3.8) is 0 Å². The summed E-state index contributed by atoms with van der Waals surface area (Å²) in [6.07, 6.45) is 2.08. The fraction of sp³-hybridized carbons (Fsp3) is 0.467. The summed E-state index contributed by atoms with van der Waals surface area (Å²) < 4.78 is 33.7. The van der Waals surface area contributed by atoms with Gasteiger partial charge in [0.05, 0.1) is 18.1 Å². The van der Waals surface area contributed by atoms with E-state index in [0.29, 0.717) is 16.8 Å². The average Bonchev–Trinajstić information content (AvgIpc) is 3.12. The maximum absolute atomic E-state index is 13.6. The molecule has 0 radical (unpaired) electrons. The van der Waals surface area contributed by atoms with Crippen LogP contribution in [-0.4, -0.2) is 50.8 Å². The van der Waals surface area contributed by atoms with Crippen LogP contribution in [0.3, 0.4) is 0 Å². The van der Waals surface area contributed by atoms with Crippen LogP contribution < -0.4 is 0 Å². The first-order valence-electron chi connectivity index (χ1n) is 7.30. The van der Waals surface area contributed by atoms with Gasteiger partial charge in [-0.1, -0.05) is 0 Å². The zero-order valence-corrected chi connectivity index (χ0v) is 12.6. The molecule has 1 saturated heterocycles. The lowest BCUT2D eigenvalue weighted by Gasteiger charge is -2.20. The van der Waals surface area contributed by atoms with E-state index in [0.717, 1.165) is 0 Å². The number of aliphatic hydroxyl groups is 1. The van der Waals surface area contributed by atoms with Gasteiger partial charge in [0.1, 0.15) is 11.8 Å². The van der Waals surface area contributed by atoms with Crippen LogP contribution in [0.2, 0.25) is 0 Å². The molecule has 1 atom stereocenters. The smallest absolute Gasteiger partial charge is 0.275 e. The fourth-order valence-electron chi connectivity index (χ4n) is 2.68. The Hall–Kier alpha value is -2.22. The predicted octanol–water partition coefficient (Wildman–Crippen LogP) is 1.91. The van der Waals surface area contributed by atoms with Gasteiger partial charge in [-0.25, -0.2) is 8.78 Å². The summed E-state index contributed by atoms with van der Waals surface area (Å²) in [5, 5.41) is 13.7. The molecule has 1 aliphatic rings. The Morgan fingerprint density at radius 2 is 2.26 bits per heavy atom. The van der Waals surface area contributed by atoms with E-state index in [2.05, 4.69) is 5.10 Å². The van der Waals surface area contributed by atoms with E-state index in [1.165, 1.54) is 22.1 Å². The summed E-state index contributed by atoms with van der Waals surface area (Å²) in [7, 11) is 1.68. The highest BCUT2D eigenvalue weighted by atomic mass is 19.3. The number of halogens is 2. The molecule has 6 nitrogen and oxygen atoms in total. The van der Waals surface area contributed by atoms with Crippen LogP contribution >= 0.6 is 0 Å². The molecule has 3 heterocycles. The van der Waals surface area contributed by atoms with Crippen LogP contribution in [0.5, 0.6) is 0 Å². The van der Waals surface area contributed by atoms with E-state index in [1.54, 1.807) is 19.3 Å². The molecule has 1 amide bonds. The molecule has 0 aromatic carbocycles. The largest absolute Gasteiger partial charge is 0.472 e. The van der Waals surface area contributed by atoms with E-state index in [-0.39, 0.29) is 25.4 Å². The number of likely N-dealkylation sites (tertiary alicyclic amines) is 1. The van der Waals surface area contributed by atoms with Crippen LogP contribution in [-0.2, 0) is 7.05 Å². The number of aliphatic hydroxyl groups excluding tert-OH is 1. The maximum atomic E-state index is 13.6. The maximum Gasteiger partial charge on any atom is 0.275 e. The Morgan fingerprint density at radius 1 is 1.48 bits per heavy atom. The fourth-order valence-corrected chi connectivity index (χ4v) is 2.68. The number of hydrogen-bond donors (Lipinski definition) is 1. The van der Waals surface area contributed by atoms with Crippen molar-refractivity contribution in [3.8, 4) is 11.3 Å². The molecule has 0 saturated carbocycles. The number of amides is 1. The van der Waals surface area contributed by atoms with Crippen LogP contribution in [0, 0.1) is 0 Å². The highest BCUT2D eigenvalue weighted by molar-refractivity contribution is 5.99. The van der Waals surface area contributed by atoms with Crippen molar-refractivity contribution in [2.75, 3.05) is 13.1 Å². The third-order valence-electron chi connectivity index (χ3n) is 4.02. The van der Waals surface area contributed by atoms with Crippen LogP contribution in [0.15, 0.2) is 29.2 Å². The van der Waals surface area contributed by atoms with E-state index < -0.39 is 18.4 Å². The third kappa shape index (κ3) is 2.98. The van der Waals surface area contributed by atoms with Gasteiger partial charge in [0.25, 0.3) is 11.8 Å². The topological polar surface area (TPSA) is 71.5 Å². The standard InChI is InChI=1S/C15H17F2N3O3/c1-19-8-11(13(18-19)10-3-7-23-9-10)14(22)20-5-2-12(21)15(16,17)4-6-20/h3,7-9,12,21H,2,4-6H2,1H3. The number of aryl methyl sites for hydroxylation is 1. The monoisotopic (exact) mass is 325 g/mol. The highest BCUT2D eigenvalue weighted by Crippen LogP contribution is 2.30. The van der Waals surface area contributed by atoms with Crippen LogP contribution in [0.4, 0.5) is 8.78 Å². The van der Waals surface area contributed by atoms with Crippen molar-refractivity contribution in [2.24, 2.45) is 7.05 Å². The number of carbonyl (C=O) groups excluding carboxylic acids is 1. The molecule has 2 aromatic heterocycles. The lowest BCUT2D eigenvalue weighted by molar-refractivity contribution is -0.108. The summed E-state index contributed by atoms with van der Waals surface area (Å²) in [5.41, 5.74) is 1.42. The van der Waals surface area contributed by atoms with Gasteiger partial charge in [-0.2, -0.15) is 5.10 Å². The Morgan fingerprint density at radius 3 is 2.96 bits per heavy atom. The molecule has 1 fully saturated rings. The van der Waals surface area contributed by atoms with Gasteiger partial charge in [0.15, 0.2) is 0 Å². The van der Waals surface area contributed by atoms with Crippen molar-refractivity contribution >= 4 is 5.91 Å². The predicted molar refractivity (Wildman–Crippen MR) is 77.0 cm³/mol. The molecular weight excluding hydrogens is 308 g/mol. The average molecular weight is 325 g/mol. The van der Waals surface area contributed by atoms with Crippen molar-refractivity contribution < 1.29 is 23.1 Å². The normalized spacial score (nSPS) is 21.2. The summed E-state index contributed by atoms with van der Waals surface area (Å²) in [6, 6.07) is 1.68. The Kier molecular flexibility index (Phi) is 3.93. The van der Waals surface area contributed by atoms with Crippen LogP contribution in [0.1, 0.15) is 23.2 Å². The molecule has 124 valence electrons. The molecule has 23 heavy (non-hydrogen) atoms. The second-order valence-electron chi connectivity index (χ2n) is 5.68. The summed E-state index contributed by atoms with van der Waals surface area (Å²) in [6.45, 7) is -0.0298. The number of aromatic nitrogens is 2. The second-order valence-corrected chi connectivity index (χ2v) is 5.68. The minimum Gasteiger partial charge on any atom is -0.472 e. The quantitative estimate of drug-likeness (QED) is 0.915. The zero-order chi connectivity index (χ0) is 16.6.